The van der Waals surface area contributed by atoms with Crippen LogP contribution in [0.15, 0.2) is 58.8 Å². The summed E-state index contributed by atoms with van der Waals surface area (Å²) in [6, 6.07) is 12.8. The van der Waals surface area contributed by atoms with E-state index in [2.05, 4.69) is 26.2 Å². The van der Waals surface area contributed by atoms with Crippen LogP contribution in [-0.2, 0) is 22.9 Å². The molecule has 224 valence electrons. The highest BCUT2D eigenvalue weighted by molar-refractivity contribution is 6.60. The molecule has 1 atom stereocenters. The average Bonchev–Trinajstić information content (AvgIpc) is 2.95. The minimum absolute atomic E-state index is 0.000889. The minimum atomic E-state index is -2.73. The summed E-state index contributed by atoms with van der Waals surface area (Å²) in [5.41, 5.74) is 7.73. The Hall–Kier alpha value is -3.69. The van der Waals surface area contributed by atoms with Crippen LogP contribution in [0.2, 0.25) is 6.04 Å². The van der Waals surface area contributed by atoms with E-state index in [0.29, 0.717) is 61.6 Å². The van der Waals surface area contributed by atoms with E-state index in [1.54, 1.807) is 48.5 Å². The van der Waals surface area contributed by atoms with E-state index >= 15 is 0 Å². The van der Waals surface area contributed by atoms with Gasteiger partial charge in [-0.2, -0.15) is 10.2 Å². The van der Waals surface area contributed by atoms with Crippen molar-refractivity contribution in [3.05, 3.63) is 48.5 Å². The summed E-state index contributed by atoms with van der Waals surface area (Å²) in [6.07, 6.45) is 0.710. The van der Waals surface area contributed by atoms with Gasteiger partial charge < -0.3 is 40.1 Å². The summed E-state index contributed by atoms with van der Waals surface area (Å²) in [7, 11) is -2.73. The molecular weight excluding hydrogens is 548 g/mol. The van der Waals surface area contributed by atoms with Crippen LogP contribution in [0.25, 0.3) is 0 Å². The molecular formula is C27H40N6O7Si. The molecule has 2 aromatic carbocycles. The topological polar surface area (TPSA) is 186 Å². The van der Waals surface area contributed by atoms with Gasteiger partial charge >= 0.3 is 20.8 Å². The van der Waals surface area contributed by atoms with Gasteiger partial charge in [0.25, 0.3) is 0 Å². The molecule has 0 aliphatic rings. The standard InChI is InChI=1S/C27H40N6O7Si/c1-4-38-41(39-5-2,40-6-3)19-7-18-29-27(37)31-21-10-14-23(15-11-21)33-32-22-12-8-20(9-13-22)30-25(34)17-16-24(28)26(35)36/h8-15,24H,4-7,16-19,28H2,1-3H3,(H,30,34)(H,35,36)(H2,29,31,37)/t24-/m0/s1. The number of carbonyl (C=O) groups is 3. The van der Waals surface area contributed by atoms with E-state index in [9.17, 15) is 14.4 Å². The first-order valence-corrected chi connectivity index (χ1v) is 15.5. The lowest BCUT2D eigenvalue weighted by atomic mass is 10.1. The Balaban J connectivity index is 1.78. The molecule has 0 aromatic heterocycles. The first-order valence-electron chi connectivity index (χ1n) is 13.6. The summed E-state index contributed by atoms with van der Waals surface area (Å²) in [4.78, 5) is 35.0. The normalized spacial score (nSPS) is 12.2. The molecule has 0 saturated heterocycles. The number of nitrogens with one attached hydrogen (secondary N) is 3. The molecule has 6 N–H and O–H groups in total. The van der Waals surface area contributed by atoms with Crippen molar-refractivity contribution in [1.29, 1.82) is 0 Å². The Morgan fingerprint density at radius 1 is 0.854 bits per heavy atom. The van der Waals surface area contributed by atoms with Crippen molar-refractivity contribution in [2.24, 2.45) is 16.0 Å². The van der Waals surface area contributed by atoms with Crippen LogP contribution in [0, 0.1) is 0 Å². The fraction of sp³-hybridized carbons (Fsp3) is 0.444. The molecule has 0 spiro atoms. The number of anilines is 2. The number of benzene rings is 2. The van der Waals surface area contributed by atoms with Gasteiger partial charge in [-0.25, -0.2) is 4.79 Å². The molecule has 41 heavy (non-hydrogen) atoms. The van der Waals surface area contributed by atoms with E-state index in [0.717, 1.165) is 0 Å². The van der Waals surface area contributed by atoms with Crippen LogP contribution in [-0.4, -0.2) is 64.2 Å². The number of carboxylic acids is 1. The van der Waals surface area contributed by atoms with Crippen molar-refractivity contribution in [3.8, 4) is 0 Å². The first kappa shape index (κ1) is 33.5. The second kappa shape index (κ2) is 17.9. The molecule has 0 bridgehead atoms. The third-order valence-corrected chi connectivity index (χ3v) is 8.75. The number of nitrogens with two attached hydrogens (primary N) is 1. The maximum atomic E-state index is 12.3. The van der Waals surface area contributed by atoms with Gasteiger partial charge in [0, 0.05) is 50.2 Å². The molecule has 2 rings (SSSR count). The summed E-state index contributed by atoms with van der Waals surface area (Å²) < 4.78 is 17.5. The van der Waals surface area contributed by atoms with Gasteiger partial charge in [-0.1, -0.05) is 0 Å². The van der Waals surface area contributed by atoms with Gasteiger partial charge in [-0.15, -0.1) is 0 Å². The number of azo groups is 1. The average molecular weight is 589 g/mol. The van der Waals surface area contributed by atoms with Crippen LogP contribution in [0.5, 0.6) is 0 Å². The molecule has 0 aliphatic heterocycles. The maximum absolute atomic E-state index is 12.3. The van der Waals surface area contributed by atoms with Gasteiger partial charge in [0.05, 0.1) is 11.4 Å². The third kappa shape index (κ3) is 12.6. The van der Waals surface area contributed by atoms with Gasteiger partial charge in [0.2, 0.25) is 5.91 Å². The highest BCUT2D eigenvalue weighted by atomic mass is 28.4. The number of carbonyl (C=O) groups excluding carboxylic acids is 2. The number of hydrogen-bond donors (Lipinski definition) is 5. The van der Waals surface area contributed by atoms with E-state index in [-0.39, 0.29) is 24.8 Å². The number of urea groups is 1. The van der Waals surface area contributed by atoms with Crippen LogP contribution in [0.3, 0.4) is 0 Å². The van der Waals surface area contributed by atoms with E-state index < -0.39 is 20.8 Å². The number of aliphatic carboxylic acids is 1. The summed E-state index contributed by atoms with van der Waals surface area (Å²) in [5, 5.41) is 25.5. The van der Waals surface area contributed by atoms with E-state index in [4.69, 9.17) is 24.1 Å². The van der Waals surface area contributed by atoms with E-state index in [1.807, 2.05) is 20.8 Å². The summed E-state index contributed by atoms with van der Waals surface area (Å²) in [6.45, 7) is 7.71. The predicted octanol–water partition coefficient (Wildman–Crippen LogP) is 4.79. The second-order valence-electron chi connectivity index (χ2n) is 8.79. The largest absolute Gasteiger partial charge is 0.500 e. The highest BCUT2D eigenvalue weighted by Crippen LogP contribution is 2.22. The van der Waals surface area contributed by atoms with Crippen molar-refractivity contribution in [2.45, 2.75) is 52.1 Å². The lowest BCUT2D eigenvalue weighted by molar-refractivity contribution is -0.138. The second-order valence-corrected chi connectivity index (χ2v) is 11.5. The van der Waals surface area contributed by atoms with E-state index in [1.165, 1.54) is 0 Å². The smallest absolute Gasteiger partial charge is 0.480 e. The lowest BCUT2D eigenvalue weighted by Gasteiger charge is -2.28. The zero-order valence-electron chi connectivity index (χ0n) is 23.7. The van der Waals surface area contributed by atoms with Crippen molar-refractivity contribution in [3.63, 3.8) is 0 Å². The molecule has 2 aromatic rings. The molecule has 0 fully saturated rings. The SMILES string of the molecule is CCO[Si](CCCNC(=O)Nc1ccc(N=Nc2ccc(NC(=O)CC[C@H](N)C(=O)O)cc2)cc1)(OCC)OCC. The van der Waals surface area contributed by atoms with Crippen molar-refractivity contribution >= 4 is 49.5 Å². The number of carboxylic acid groups (broad SMARTS) is 1. The Morgan fingerprint density at radius 3 is 1.80 bits per heavy atom. The lowest BCUT2D eigenvalue weighted by Crippen LogP contribution is -2.46. The Bertz CT molecular complexity index is 1110. The Morgan fingerprint density at radius 2 is 1.34 bits per heavy atom. The first-order chi connectivity index (χ1) is 19.7. The molecule has 14 heteroatoms. The van der Waals surface area contributed by atoms with Crippen molar-refractivity contribution in [2.75, 3.05) is 37.0 Å². The molecule has 0 unspecified atom stereocenters. The van der Waals surface area contributed by atoms with Gasteiger partial charge in [-0.05, 0) is 82.1 Å². The van der Waals surface area contributed by atoms with Crippen LogP contribution in [0.4, 0.5) is 27.5 Å². The third-order valence-electron chi connectivity index (χ3n) is 5.59. The summed E-state index contributed by atoms with van der Waals surface area (Å²) in [5.74, 6) is -1.47. The molecule has 0 saturated carbocycles. The van der Waals surface area contributed by atoms with Crippen LogP contribution in [0.1, 0.15) is 40.0 Å². The quantitative estimate of drug-likeness (QED) is 0.0934. The monoisotopic (exact) mass is 588 g/mol. The molecule has 3 amide bonds. The number of nitrogens with zero attached hydrogens (tertiary/aromatic N) is 2. The Kier molecular flexibility index (Phi) is 14.6. The van der Waals surface area contributed by atoms with Gasteiger partial charge in [0.1, 0.15) is 6.04 Å². The van der Waals surface area contributed by atoms with Crippen molar-refractivity contribution < 1.29 is 32.8 Å². The minimum Gasteiger partial charge on any atom is -0.480 e. The van der Waals surface area contributed by atoms with Crippen molar-refractivity contribution in [1.82, 2.24) is 5.32 Å². The molecule has 0 aliphatic carbocycles. The predicted molar refractivity (Wildman–Crippen MR) is 158 cm³/mol. The molecule has 13 nitrogen and oxygen atoms in total. The Labute approximate surface area is 241 Å². The zero-order valence-corrected chi connectivity index (χ0v) is 24.7. The maximum Gasteiger partial charge on any atom is 0.500 e. The van der Waals surface area contributed by atoms with Gasteiger partial charge in [-0.3, -0.25) is 9.59 Å². The summed E-state index contributed by atoms with van der Waals surface area (Å²) >= 11 is 0. The molecule has 0 radical (unpaired) electrons. The molecule has 0 heterocycles. The van der Waals surface area contributed by atoms with Gasteiger partial charge in [0.15, 0.2) is 0 Å². The number of hydrogen-bond acceptors (Lipinski definition) is 9. The number of rotatable bonds is 18. The fourth-order valence-electron chi connectivity index (χ4n) is 3.66. The van der Waals surface area contributed by atoms with Crippen LogP contribution < -0.4 is 21.7 Å². The highest BCUT2D eigenvalue weighted by Gasteiger charge is 2.39. The van der Waals surface area contributed by atoms with Crippen LogP contribution >= 0.6 is 0 Å². The fourth-order valence-corrected chi connectivity index (χ4v) is 6.27. The zero-order chi connectivity index (χ0) is 30.1. The number of amides is 3.